The molecule has 80 valence electrons. The number of hydrogen-bond acceptors (Lipinski definition) is 1. The topological polar surface area (TPSA) is 26.0 Å². The first-order chi connectivity index (χ1) is 7.20. The molecule has 2 N–H and O–H groups in total. The molecule has 15 heavy (non-hydrogen) atoms. The van der Waals surface area contributed by atoms with Crippen molar-refractivity contribution in [1.29, 1.82) is 0 Å². The molecule has 0 saturated heterocycles. The van der Waals surface area contributed by atoms with E-state index in [0.29, 0.717) is 5.92 Å². The second-order valence-electron chi connectivity index (χ2n) is 4.01. The van der Waals surface area contributed by atoms with Gasteiger partial charge in [-0.05, 0) is 11.5 Å². The molecule has 0 fully saturated rings. The lowest BCUT2D eigenvalue weighted by atomic mass is 9.81. The molecular weight excluding hydrogens is 182 g/mol. The maximum Gasteiger partial charge on any atom is 0.0733 e. The first-order valence-corrected chi connectivity index (χ1v) is 5.47. The molecular formula is C14H19N. The van der Waals surface area contributed by atoms with Crippen molar-refractivity contribution >= 4 is 0 Å². The highest BCUT2D eigenvalue weighted by atomic mass is 14.6. The summed E-state index contributed by atoms with van der Waals surface area (Å²) in [7, 11) is 0. The summed E-state index contributed by atoms with van der Waals surface area (Å²) in [5.74, 6) is 3.43. The normalized spacial score (nSPS) is 16.4. The van der Waals surface area contributed by atoms with E-state index in [1.807, 2.05) is 18.2 Å². The molecule has 3 atom stereocenters. The predicted octanol–water partition coefficient (Wildman–Crippen LogP) is 2.78. The Bertz CT molecular complexity index is 323. The van der Waals surface area contributed by atoms with Gasteiger partial charge in [0.2, 0.25) is 0 Å². The Kier molecular flexibility index (Phi) is 4.39. The van der Waals surface area contributed by atoms with E-state index < -0.39 is 0 Å². The summed E-state index contributed by atoms with van der Waals surface area (Å²) in [6.45, 7) is 4.37. The van der Waals surface area contributed by atoms with Gasteiger partial charge >= 0.3 is 0 Å². The van der Waals surface area contributed by atoms with Crippen LogP contribution in [-0.4, -0.2) is 6.04 Å². The molecule has 0 saturated carbocycles. The van der Waals surface area contributed by atoms with Crippen LogP contribution in [0.1, 0.15) is 31.7 Å². The Morgan fingerprint density at radius 2 is 1.93 bits per heavy atom. The van der Waals surface area contributed by atoms with Gasteiger partial charge in [-0.1, -0.05) is 56.5 Å². The Balaban J connectivity index is 2.97. The second-order valence-corrected chi connectivity index (χ2v) is 4.01. The smallest absolute Gasteiger partial charge is 0.0733 e. The van der Waals surface area contributed by atoms with E-state index in [4.69, 9.17) is 12.2 Å². The largest absolute Gasteiger partial charge is 0.317 e. The summed E-state index contributed by atoms with van der Waals surface area (Å²) in [6.07, 6.45) is 6.52. The Morgan fingerprint density at radius 1 is 1.33 bits per heavy atom. The Hall–Kier alpha value is -1.26. The van der Waals surface area contributed by atoms with Crippen molar-refractivity contribution in [3.8, 4) is 12.3 Å². The quantitative estimate of drug-likeness (QED) is 0.745. The molecule has 0 amide bonds. The molecule has 0 aromatic heterocycles. The van der Waals surface area contributed by atoms with Crippen molar-refractivity contribution in [3.05, 3.63) is 35.9 Å². The van der Waals surface area contributed by atoms with Crippen molar-refractivity contribution in [2.24, 2.45) is 11.7 Å². The van der Waals surface area contributed by atoms with Crippen molar-refractivity contribution < 1.29 is 0 Å². The molecule has 0 spiro atoms. The minimum atomic E-state index is -0.192. The number of terminal acetylenes is 1. The van der Waals surface area contributed by atoms with E-state index in [1.54, 1.807) is 0 Å². The van der Waals surface area contributed by atoms with Crippen LogP contribution < -0.4 is 5.73 Å². The summed E-state index contributed by atoms with van der Waals surface area (Å²) >= 11 is 0. The van der Waals surface area contributed by atoms with Gasteiger partial charge in [0.15, 0.2) is 0 Å². The lowest BCUT2D eigenvalue weighted by molar-refractivity contribution is 0.420. The van der Waals surface area contributed by atoms with Gasteiger partial charge < -0.3 is 5.73 Å². The minimum absolute atomic E-state index is 0.192. The van der Waals surface area contributed by atoms with E-state index in [1.165, 1.54) is 5.56 Å². The number of rotatable bonds is 4. The van der Waals surface area contributed by atoms with Crippen LogP contribution in [0.2, 0.25) is 0 Å². The SMILES string of the molecule is C#CC(N)C(c1ccccc1)C(C)CC. The highest BCUT2D eigenvalue weighted by Crippen LogP contribution is 2.28. The molecule has 0 aliphatic rings. The maximum atomic E-state index is 5.99. The fourth-order valence-corrected chi connectivity index (χ4v) is 1.92. The number of benzene rings is 1. The van der Waals surface area contributed by atoms with Gasteiger partial charge in [0.25, 0.3) is 0 Å². The van der Waals surface area contributed by atoms with Crippen molar-refractivity contribution in [1.82, 2.24) is 0 Å². The summed E-state index contributed by atoms with van der Waals surface area (Å²) < 4.78 is 0. The van der Waals surface area contributed by atoms with Crippen LogP contribution >= 0.6 is 0 Å². The van der Waals surface area contributed by atoms with Crippen molar-refractivity contribution in [2.75, 3.05) is 0 Å². The summed E-state index contributed by atoms with van der Waals surface area (Å²) in [5.41, 5.74) is 7.24. The van der Waals surface area contributed by atoms with Gasteiger partial charge in [0.1, 0.15) is 0 Å². The fraction of sp³-hybridized carbons (Fsp3) is 0.429. The van der Waals surface area contributed by atoms with E-state index >= 15 is 0 Å². The number of hydrogen-bond donors (Lipinski definition) is 1. The summed E-state index contributed by atoms with van der Waals surface area (Å²) in [4.78, 5) is 0. The van der Waals surface area contributed by atoms with Crippen LogP contribution in [-0.2, 0) is 0 Å². The van der Waals surface area contributed by atoms with Gasteiger partial charge in [-0.2, -0.15) is 0 Å². The fourth-order valence-electron chi connectivity index (χ4n) is 1.92. The van der Waals surface area contributed by atoms with E-state index in [2.05, 4.69) is 31.9 Å². The van der Waals surface area contributed by atoms with Crippen LogP contribution in [0.15, 0.2) is 30.3 Å². The zero-order chi connectivity index (χ0) is 11.3. The predicted molar refractivity (Wildman–Crippen MR) is 65.4 cm³/mol. The monoisotopic (exact) mass is 201 g/mol. The van der Waals surface area contributed by atoms with Crippen molar-refractivity contribution in [2.45, 2.75) is 32.2 Å². The Labute approximate surface area is 92.7 Å². The maximum absolute atomic E-state index is 5.99. The van der Waals surface area contributed by atoms with E-state index in [0.717, 1.165) is 6.42 Å². The molecule has 1 heteroatoms. The highest BCUT2D eigenvalue weighted by molar-refractivity contribution is 5.25. The average Bonchev–Trinajstić information content (AvgIpc) is 2.30. The Morgan fingerprint density at radius 3 is 2.40 bits per heavy atom. The zero-order valence-electron chi connectivity index (χ0n) is 9.48. The molecule has 1 aromatic carbocycles. The standard InChI is InChI=1S/C14H19N/c1-4-11(3)14(13(15)5-2)12-9-7-6-8-10-12/h2,6-11,13-14H,4,15H2,1,3H3. The first-order valence-electron chi connectivity index (χ1n) is 5.47. The molecule has 0 heterocycles. The van der Waals surface area contributed by atoms with Gasteiger partial charge in [0.05, 0.1) is 6.04 Å². The summed E-state index contributed by atoms with van der Waals surface area (Å²) in [5, 5.41) is 0. The lowest BCUT2D eigenvalue weighted by Gasteiger charge is -2.26. The van der Waals surface area contributed by atoms with Gasteiger partial charge in [-0.25, -0.2) is 0 Å². The van der Waals surface area contributed by atoms with Crippen LogP contribution in [0, 0.1) is 18.3 Å². The molecule has 0 aliphatic carbocycles. The lowest BCUT2D eigenvalue weighted by Crippen LogP contribution is -2.30. The summed E-state index contributed by atoms with van der Waals surface area (Å²) in [6, 6.07) is 10.1. The third-order valence-corrected chi connectivity index (χ3v) is 3.02. The molecule has 0 aliphatic heterocycles. The van der Waals surface area contributed by atoms with Gasteiger partial charge in [-0.3, -0.25) is 0 Å². The first kappa shape index (κ1) is 11.8. The van der Waals surface area contributed by atoms with Crippen LogP contribution in [0.3, 0.4) is 0 Å². The minimum Gasteiger partial charge on any atom is -0.317 e. The van der Waals surface area contributed by atoms with Gasteiger partial charge in [-0.15, -0.1) is 6.42 Å². The van der Waals surface area contributed by atoms with Crippen LogP contribution in [0.5, 0.6) is 0 Å². The molecule has 0 bridgehead atoms. The zero-order valence-corrected chi connectivity index (χ0v) is 9.48. The van der Waals surface area contributed by atoms with Crippen molar-refractivity contribution in [3.63, 3.8) is 0 Å². The molecule has 3 unspecified atom stereocenters. The highest BCUT2D eigenvalue weighted by Gasteiger charge is 2.23. The number of nitrogens with two attached hydrogens (primary N) is 1. The van der Waals surface area contributed by atoms with Gasteiger partial charge in [0, 0.05) is 5.92 Å². The third-order valence-electron chi connectivity index (χ3n) is 3.02. The third kappa shape index (κ3) is 2.84. The molecule has 1 nitrogen and oxygen atoms in total. The van der Waals surface area contributed by atoms with E-state index in [9.17, 15) is 0 Å². The molecule has 0 radical (unpaired) electrons. The van der Waals surface area contributed by atoms with Crippen LogP contribution in [0.4, 0.5) is 0 Å². The molecule has 1 aromatic rings. The van der Waals surface area contributed by atoms with Crippen LogP contribution in [0.25, 0.3) is 0 Å². The molecule has 1 rings (SSSR count). The average molecular weight is 201 g/mol. The second kappa shape index (κ2) is 5.58. The van der Waals surface area contributed by atoms with E-state index in [-0.39, 0.29) is 12.0 Å².